The van der Waals surface area contributed by atoms with Gasteiger partial charge in [0.2, 0.25) is 11.8 Å². The summed E-state index contributed by atoms with van der Waals surface area (Å²) >= 11 is 3.23. The summed E-state index contributed by atoms with van der Waals surface area (Å²) in [7, 11) is 0. The van der Waals surface area contributed by atoms with Gasteiger partial charge in [-0.25, -0.2) is 4.39 Å². The van der Waals surface area contributed by atoms with Gasteiger partial charge in [-0.05, 0) is 37.6 Å². The Morgan fingerprint density at radius 3 is 2.81 bits per heavy atom. The van der Waals surface area contributed by atoms with Crippen LogP contribution in [0.5, 0.6) is 0 Å². The van der Waals surface area contributed by atoms with Gasteiger partial charge in [0, 0.05) is 22.7 Å². The van der Waals surface area contributed by atoms with E-state index in [2.05, 4.69) is 26.6 Å². The Balaban J connectivity index is 2.58. The maximum Gasteiger partial charge on any atom is 0.244 e. The molecule has 0 aliphatic carbocycles. The fourth-order valence-electron chi connectivity index (χ4n) is 1.54. The Kier molecular flexibility index (Phi) is 7.08. The first kappa shape index (κ1) is 17.4. The van der Waals surface area contributed by atoms with E-state index in [1.165, 1.54) is 18.2 Å². The molecular weight excluding hydrogens is 339 g/mol. The molecular formula is C15H18BrFN2O2. The molecule has 0 saturated heterocycles. The van der Waals surface area contributed by atoms with Crippen LogP contribution in [0.1, 0.15) is 25.8 Å². The van der Waals surface area contributed by atoms with E-state index in [4.69, 9.17) is 0 Å². The zero-order valence-corrected chi connectivity index (χ0v) is 13.5. The van der Waals surface area contributed by atoms with Crippen LogP contribution in [-0.2, 0) is 9.59 Å². The Hall–Kier alpha value is -1.69. The molecule has 0 spiro atoms. The standard InChI is InChI=1S/C15H18BrFN2O2/c1-3-8-18-15(21)10(2)19-14(20)7-4-11-9-12(16)5-6-13(11)17/h4-7,9-10H,3,8H2,1-2H3,(H,18,21)(H,19,20)/b7-4+/t10-/m1/s1. The van der Waals surface area contributed by atoms with Crippen LogP contribution in [0.15, 0.2) is 28.7 Å². The van der Waals surface area contributed by atoms with Crippen LogP contribution in [-0.4, -0.2) is 24.4 Å². The van der Waals surface area contributed by atoms with E-state index in [-0.39, 0.29) is 5.91 Å². The summed E-state index contributed by atoms with van der Waals surface area (Å²) in [6, 6.07) is 3.81. The molecule has 21 heavy (non-hydrogen) atoms. The SMILES string of the molecule is CCCNC(=O)[C@@H](C)NC(=O)/C=C/c1cc(Br)ccc1F. The van der Waals surface area contributed by atoms with Crippen molar-refractivity contribution in [2.75, 3.05) is 6.54 Å². The van der Waals surface area contributed by atoms with Crippen molar-refractivity contribution in [3.8, 4) is 0 Å². The highest BCUT2D eigenvalue weighted by atomic mass is 79.9. The highest BCUT2D eigenvalue weighted by molar-refractivity contribution is 9.10. The molecule has 0 heterocycles. The topological polar surface area (TPSA) is 58.2 Å². The van der Waals surface area contributed by atoms with Crippen molar-refractivity contribution >= 4 is 33.8 Å². The molecule has 1 aromatic carbocycles. The fourth-order valence-corrected chi connectivity index (χ4v) is 1.91. The number of nitrogens with one attached hydrogen (secondary N) is 2. The molecule has 0 aromatic heterocycles. The molecule has 1 rings (SSSR count). The molecule has 1 atom stereocenters. The smallest absolute Gasteiger partial charge is 0.244 e. The molecule has 4 nitrogen and oxygen atoms in total. The van der Waals surface area contributed by atoms with Gasteiger partial charge in [0.05, 0.1) is 0 Å². The lowest BCUT2D eigenvalue weighted by molar-refractivity contribution is -0.126. The fraction of sp³-hybridized carbons (Fsp3) is 0.333. The Bertz CT molecular complexity index is 546. The third kappa shape index (κ3) is 6.08. The van der Waals surface area contributed by atoms with Gasteiger partial charge in [-0.3, -0.25) is 9.59 Å². The first-order valence-corrected chi connectivity index (χ1v) is 7.44. The van der Waals surface area contributed by atoms with Gasteiger partial charge >= 0.3 is 0 Å². The monoisotopic (exact) mass is 356 g/mol. The zero-order chi connectivity index (χ0) is 15.8. The Labute approximate surface area is 131 Å². The summed E-state index contributed by atoms with van der Waals surface area (Å²) in [6.07, 6.45) is 3.40. The molecule has 0 fully saturated rings. The number of carbonyl (C=O) groups excluding carboxylic acids is 2. The molecule has 114 valence electrons. The minimum atomic E-state index is -0.638. The van der Waals surface area contributed by atoms with Gasteiger partial charge in [0.25, 0.3) is 0 Å². The highest BCUT2D eigenvalue weighted by Gasteiger charge is 2.13. The summed E-state index contributed by atoms with van der Waals surface area (Å²) in [4.78, 5) is 23.3. The molecule has 2 amide bonds. The second-order valence-electron chi connectivity index (χ2n) is 4.52. The second-order valence-corrected chi connectivity index (χ2v) is 5.44. The maximum absolute atomic E-state index is 13.5. The predicted octanol–water partition coefficient (Wildman–Crippen LogP) is 2.63. The lowest BCUT2D eigenvalue weighted by Crippen LogP contribution is -2.44. The second kappa shape index (κ2) is 8.56. The van der Waals surface area contributed by atoms with Crippen molar-refractivity contribution in [1.29, 1.82) is 0 Å². The number of halogens is 2. The lowest BCUT2D eigenvalue weighted by Gasteiger charge is -2.12. The van der Waals surface area contributed by atoms with Gasteiger partial charge in [-0.1, -0.05) is 22.9 Å². The number of carbonyl (C=O) groups is 2. The first-order chi connectivity index (χ1) is 9.93. The molecule has 0 unspecified atom stereocenters. The molecule has 0 saturated carbocycles. The summed E-state index contributed by atoms with van der Waals surface area (Å²) in [5, 5.41) is 5.20. The number of amides is 2. The van der Waals surface area contributed by atoms with Crippen molar-refractivity contribution in [3.63, 3.8) is 0 Å². The van der Waals surface area contributed by atoms with E-state index in [1.54, 1.807) is 19.1 Å². The highest BCUT2D eigenvalue weighted by Crippen LogP contribution is 2.16. The van der Waals surface area contributed by atoms with Crippen LogP contribution in [0, 0.1) is 5.82 Å². The van der Waals surface area contributed by atoms with Crippen LogP contribution in [0.25, 0.3) is 6.08 Å². The number of hydrogen-bond acceptors (Lipinski definition) is 2. The summed E-state index contributed by atoms with van der Waals surface area (Å²) < 4.78 is 14.2. The average Bonchev–Trinajstić information content (AvgIpc) is 2.45. The third-order valence-electron chi connectivity index (χ3n) is 2.67. The first-order valence-electron chi connectivity index (χ1n) is 6.65. The van der Waals surface area contributed by atoms with Crippen molar-refractivity contribution in [1.82, 2.24) is 10.6 Å². The van der Waals surface area contributed by atoms with E-state index in [9.17, 15) is 14.0 Å². The van der Waals surface area contributed by atoms with Crippen LogP contribution in [0.3, 0.4) is 0 Å². The minimum absolute atomic E-state index is 0.243. The largest absolute Gasteiger partial charge is 0.354 e. The number of benzene rings is 1. The van der Waals surface area contributed by atoms with Crippen molar-refractivity contribution < 1.29 is 14.0 Å². The predicted molar refractivity (Wildman–Crippen MR) is 84.0 cm³/mol. The van der Waals surface area contributed by atoms with Crippen LogP contribution in [0.2, 0.25) is 0 Å². The third-order valence-corrected chi connectivity index (χ3v) is 3.17. The van der Waals surface area contributed by atoms with E-state index in [0.717, 1.165) is 10.9 Å². The average molecular weight is 357 g/mol. The molecule has 1 aromatic rings. The Morgan fingerprint density at radius 2 is 2.14 bits per heavy atom. The quantitative estimate of drug-likeness (QED) is 0.769. The van der Waals surface area contributed by atoms with Crippen molar-refractivity contribution in [2.45, 2.75) is 26.3 Å². The minimum Gasteiger partial charge on any atom is -0.354 e. The van der Waals surface area contributed by atoms with Gasteiger partial charge in [-0.15, -0.1) is 0 Å². The van der Waals surface area contributed by atoms with E-state index >= 15 is 0 Å². The normalized spacial score (nSPS) is 12.2. The maximum atomic E-state index is 13.5. The van der Waals surface area contributed by atoms with Crippen molar-refractivity contribution in [2.24, 2.45) is 0 Å². The van der Waals surface area contributed by atoms with E-state index in [0.29, 0.717) is 12.1 Å². The summed E-state index contributed by atoms with van der Waals surface area (Å²) in [5.74, 6) is -1.11. The van der Waals surface area contributed by atoms with Crippen molar-refractivity contribution in [3.05, 3.63) is 40.1 Å². The zero-order valence-electron chi connectivity index (χ0n) is 12.0. The molecule has 0 radical (unpaired) electrons. The summed E-state index contributed by atoms with van der Waals surface area (Å²) in [6.45, 7) is 4.10. The van der Waals surface area contributed by atoms with Crippen LogP contribution in [0.4, 0.5) is 4.39 Å². The summed E-state index contributed by atoms with van der Waals surface area (Å²) in [5.41, 5.74) is 0.294. The van der Waals surface area contributed by atoms with Crippen LogP contribution >= 0.6 is 15.9 Å². The molecule has 6 heteroatoms. The molecule has 0 aliphatic rings. The molecule has 0 bridgehead atoms. The number of hydrogen-bond donors (Lipinski definition) is 2. The number of rotatable bonds is 6. The Morgan fingerprint density at radius 1 is 1.43 bits per heavy atom. The van der Waals surface area contributed by atoms with Gasteiger partial charge < -0.3 is 10.6 Å². The van der Waals surface area contributed by atoms with Gasteiger partial charge in [-0.2, -0.15) is 0 Å². The van der Waals surface area contributed by atoms with E-state index < -0.39 is 17.8 Å². The van der Waals surface area contributed by atoms with Gasteiger partial charge in [0.15, 0.2) is 0 Å². The lowest BCUT2D eigenvalue weighted by atomic mass is 10.2. The van der Waals surface area contributed by atoms with E-state index in [1.807, 2.05) is 6.92 Å². The molecule has 0 aliphatic heterocycles. The van der Waals surface area contributed by atoms with Gasteiger partial charge in [0.1, 0.15) is 11.9 Å². The molecule has 2 N–H and O–H groups in total. The van der Waals surface area contributed by atoms with Crippen LogP contribution < -0.4 is 10.6 Å².